The zero-order valence-electron chi connectivity index (χ0n) is 23.3. The van der Waals surface area contributed by atoms with Gasteiger partial charge >= 0.3 is 6.09 Å². The van der Waals surface area contributed by atoms with Gasteiger partial charge in [0.1, 0.15) is 17.6 Å². The minimum atomic E-state index is -0.304. The Morgan fingerprint density at radius 2 is 1.81 bits per heavy atom. The third-order valence-electron chi connectivity index (χ3n) is 8.54. The molecule has 1 unspecified atom stereocenters. The van der Waals surface area contributed by atoms with Gasteiger partial charge in [-0.3, -0.25) is 4.90 Å². The van der Waals surface area contributed by atoms with Crippen molar-refractivity contribution in [3.8, 4) is 22.6 Å². The summed E-state index contributed by atoms with van der Waals surface area (Å²) in [5.41, 5.74) is 6.67. The average molecular weight is 507 g/mol. The smallest absolute Gasteiger partial charge is 0.407 e. The van der Waals surface area contributed by atoms with Crippen LogP contribution < -0.4 is 14.8 Å². The molecule has 3 aliphatic heterocycles. The molecule has 6 heteroatoms. The summed E-state index contributed by atoms with van der Waals surface area (Å²) < 4.78 is 17.9. The fourth-order valence-corrected chi connectivity index (χ4v) is 6.61. The third kappa shape index (κ3) is 5.05. The first kappa shape index (κ1) is 25.9. The van der Waals surface area contributed by atoms with Crippen LogP contribution in [0, 0.1) is 25.2 Å². The van der Waals surface area contributed by atoms with Crippen molar-refractivity contribution in [1.29, 1.82) is 0 Å². The molecule has 2 atom stereocenters. The molecular formula is C31H42N2O4. The van der Waals surface area contributed by atoms with E-state index in [2.05, 4.69) is 69.1 Å². The Labute approximate surface area is 221 Å². The second-order valence-corrected chi connectivity index (χ2v) is 11.9. The van der Waals surface area contributed by atoms with Gasteiger partial charge in [-0.25, -0.2) is 4.79 Å². The molecule has 37 heavy (non-hydrogen) atoms. The average Bonchev–Trinajstić information content (AvgIpc) is 3.11. The molecule has 3 heterocycles. The fourth-order valence-electron chi connectivity index (χ4n) is 6.61. The van der Waals surface area contributed by atoms with Crippen LogP contribution in [0.5, 0.6) is 11.5 Å². The number of nitrogens with one attached hydrogen (secondary N) is 1. The maximum Gasteiger partial charge on any atom is 0.407 e. The van der Waals surface area contributed by atoms with Crippen LogP contribution in [0.4, 0.5) is 4.79 Å². The number of aryl methyl sites for hydroxylation is 2. The molecule has 0 spiro atoms. The summed E-state index contributed by atoms with van der Waals surface area (Å²) in [7, 11) is 1.72. The van der Waals surface area contributed by atoms with E-state index in [1.165, 1.54) is 5.56 Å². The normalized spacial score (nSPS) is 25.5. The van der Waals surface area contributed by atoms with E-state index in [9.17, 15) is 4.79 Å². The second-order valence-electron chi connectivity index (χ2n) is 11.9. The van der Waals surface area contributed by atoms with Gasteiger partial charge in [0.2, 0.25) is 0 Å². The first-order chi connectivity index (χ1) is 17.7. The molecule has 1 aliphatic carbocycles. The first-order valence-corrected chi connectivity index (χ1v) is 13.8. The van der Waals surface area contributed by atoms with Gasteiger partial charge in [-0.05, 0) is 116 Å². The lowest BCUT2D eigenvalue weighted by Crippen LogP contribution is -2.53. The van der Waals surface area contributed by atoms with Gasteiger partial charge in [0.05, 0.1) is 19.8 Å². The Balaban J connectivity index is 1.40. The Hall–Kier alpha value is -2.73. The minimum absolute atomic E-state index is 0.000783. The van der Waals surface area contributed by atoms with E-state index in [4.69, 9.17) is 14.2 Å². The summed E-state index contributed by atoms with van der Waals surface area (Å²) in [6.07, 6.45) is 3.80. The molecule has 4 aliphatic rings. The van der Waals surface area contributed by atoms with Crippen molar-refractivity contribution < 1.29 is 19.0 Å². The van der Waals surface area contributed by atoms with E-state index >= 15 is 0 Å². The first-order valence-electron chi connectivity index (χ1n) is 13.8. The monoisotopic (exact) mass is 506 g/mol. The SMILES string of the molecule is CCCOc1c(C)cc(-c2cc3c(cc2OC)C(NC(=O)O[C@@H]2CN4CCC2CC4)C(C)(C)C3)cc1C. The number of ether oxygens (including phenoxy) is 3. The van der Waals surface area contributed by atoms with Crippen LogP contribution in [0.25, 0.3) is 11.1 Å². The molecule has 3 fully saturated rings. The standard InChI is InChI=1S/C31H42N2O4/c1-7-12-36-28-19(2)13-22(14-20(28)3)24-15-23-17-31(4,5)29(25(23)16-26(24)35-6)32-30(34)37-27-18-33-10-8-21(27)9-11-33/h13-16,21,27,29H,7-12,17-18H2,1-6H3,(H,32,34)/t27-,29?/m1/s1. The molecule has 1 N–H and O–H groups in total. The minimum Gasteiger partial charge on any atom is -0.496 e. The number of amides is 1. The van der Waals surface area contributed by atoms with E-state index in [1.54, 1.807) is 7.11 Å². The van der Waals surface area contributed by atoms with E-state index in [0.717, 1.165) is 91.2 Å². The number of nitrogens with zero attached hydrogens (tertiary/aromatic N) is 1. The summed E-state index contributed by atoms with van der Waals surface area (Å²) in [5, 5.41) is 3.24. The lowest BCUT2D eigenvalue weighted by molar-refractivity contribution is -0.0349. The van der Waals surface area contributed by atoms with Gasteiger partial charge in [0, 0.05) is 12.1 Å². The zero-order valence-corrected chi connectivity index (χ0v) is 23.3. The van der Waals surface area contributed by atoms with Crippen molar-refractivity contribution in [3.05, 3.63) is 46.5 Å². The molecule has 2 aromatic carbocycles. The van der Waals surface area contributed by atoms with Crippen LogP contribution in [0.1, 0.15) is 68.3 Å². The summed E-state index contributed by atoms with van der Waals surface area (Å²) >= 11 is 0. The predicted molar refractivity (Wildman–Crippen MR) is 146 cm³/mol. The largest absolute Gasteiger partial charge is 0.496 e. The van der Waals surface area contributed by atoms with Gasteiger partial charge in [-0.2, -0.15) is 0 Å². The molecule has 3 saturated heterocycles. The van der Waals surface area contributed by atoms with Crippen molar-refractivity contribution in [2.45, 2.75) is 72.4 Å². The van der Waals surface area contributed by atoms with Crippen LogP contribution in [-0.4, -0.2) is 50.4 Å². The van der Waals surface area contributed by atoms with Gasteiger partial charge in [0.15, 0.2) is 0 Å². The number of fused-ring (bicyclic) bond motifs is 4. The van der Waals surface area contributed by atoms with E-state index in [0.29, 0.717) is 5.92 Å². The Morgan fingerprint density at radius 3 is 2.41 bits per heavy atom. The summed E-state index contributed by atoms with van der Waals surface area (Å²) in [6.45, 7) is 14.6. The van der Waals surface area contributed by atoms with Crippen molar-refractivity contribution in [1.82, 2.24) is 10.2 Å². The van der Waals surface area contributed by atoms with Crippen LogP contribution >= 0.6 is 0 Å². The number of carbonyl (C=O) groups is 1. The number of rotatable bonds is 7. The number of benzene rings is 2. The van der Waals surface area contributed by atoms with Crippen LogP contribution in [0.15, 0.2) is 24.3 Å². The Kier molecular flexibility index (Phi) is 7.14. The Morgan fingerprint density at radius 1 is 1.11 bits per heavy atom. The highest BCUT2D eigenvalue weighted by Crippen LogP contribution is 2.49. The molecule has 200 valence electrons. The number of hydrogen-bond donors (Lipinski definition) is 1. The highest BCUT2D eigenvalue weighted by molar-refractivity contribution is 5.76. The highest BCUT2D eigenvalue weighted by atomic mass is 16.6. The number of methoxy groups -OCH3 is 1. The Bertz CT molecular complexity index is 1140. The maximum absolute atomic E-state index is 13.1. The topological polar surface area (TPSA) is 60.0 Å². The molecule has 6 nitrogen and oxygen atoms in total. The highest BCUT2D eigenvalue weighted by Gasteiger charge is 2.42. The van der Waals surface area contributed by atoms with E-state index in [-0.39, 0.29) is 23.7 Å². The molecule has 2 bridgehead atoms. The third-order valence-corrected chi connectivity index (χ3v) is 8.54. The van der Waals surface area contributed by atoms with Crippen LogP contribution in [-0.2, 0) is 11.2 Å². The number of piperidine rings is 3. The molecule has 0 aromatic heterocycles. The predicted octanol–water partition coefficient (Wildman–Crippen LogP) is 6.21. The molecule has 0 saturated carbocycles. The van der Waals surface area contributed by atoms with Gasteiger partial charge in [-0.1, -0.05) is 20.8 Å². The lowest BCUT2D eigenvalue weighted by Gasteiger charge is -2.44. The van der Waals surface area contributed by atoms with Crippen molar-refractivity contribution in [2.24, 2.45) is 11.3 Å². The quantitative estimate of drug-likeness (QED) is 0.484. The van der Waals surface area contributed by atoms with Crippen LogP contribution in [0.2, 0.25) is 0 Å². The fraction of sp³-hybridized carbons (Fsp3) is 0.581. The maximum atomic E-state index is 13.1. The summed E-state index contributed by atoms with van der Waals surface area (Å²) in [4.78, 5) is 15.5. The van der Waals surface area contributed by atoms with Gasteiger partial charge in [-0.15, -0.1) is 0 Å². The second kappa shape index (κ2) is 10.2. The van der Waals surface area contributed by atoms with Crippen molar-refractivity contribution in [3.63, 3.8) is 0 Å². The van der Waals surface area contributed by atoms with Crippen molar-refractivity contribution in [2.75, 3.05) is 33.4 Å². The zero-order chi connectivity index (χ0) is 26.3. The van der Waals surface area contributed by atoms with E-state index in [1.807, 2.05) is 0 Å². The van der Waals surface area contributed by atoms with E-state index < -0.39 is 0 Å². The van der Waals surface area contributed by atoms with Crippen LogP contribution in [0.3, 0.4) is 0 Å². The molecule has 6 rings (SSSR count). The van der Waals surface area contributed by atoms with Gasteiger partial charge < -0.3 is 19.5 Å². The summed E-state index contributed by atoms with van der Waals surface area (Å²) in [5.74, 6) is 2.28. The summed E-state index contributed by atoms with van der Waals surface area (Å²) in [6, 6.07) is 8.60. The molecule has 0 radical (unpaired) electrons. The molecular weight excluding hydrogens is 464 g/mol. The van der Waals surface area contributed by atoms with Gasteiger partial charge in [0.25, 0.3) is 0 Å². The van der Waals surface area contributed by atoms with Crippen molar-refractivity contribution >= 4 is 6.09 Å². The lowest BCUT2D eigenvalue weighted by atomic mass is 9.85. The number of carbonyl (C=O) groups excluding carboxylic acids is 1. The molecule has 2 aromatic rings. The number of hydrogen-bond acceptors (Lipinski definition) is 5. The number of alkyl carbamates (subject to hydrolysis) is 1. The molecule has 1 amide bonds.